The normalized spacial score (nSPS) is 59.8. The SMILES string of the molecule is NCC(N)(C1C2CC3CC(C2)CC1C3)C1C2CC3CC(C2)CC1C3. The van der Waals surface area contributed by atoms with Crippen LogP contribution in [0, 0.1) is 59.2 Å². The molecule has 0 unspecified atom stereocenters. The molecule has 2 heteroatoms. The van der Waals surface area contributed by atoms with Gasteiger partial charge in [-0.2, -0.15) is 0 Å². The second-order valence-corrected chi connectivity index (χ2v) is 11.2. The molecule has 8 bridgehead atoms. The lowest BCUT2D eigenvalue weighted by Crippen LogP contribution is -2.70. The molecule has 24 heavy (non-hydrogen) atoms. The van der Waals surface area contributed by atoms with Crippen LogP contribution < -0.4 is 11.5 Å². The van der Waals surface area contributed by atoms with Crippen LogP contribution in [-0.2, 0) is 0 Å². The second-order valence-electron chi connectivity index (χ2n) is 11.2. The topological polar surface area (TPSA) is 52.0 Å². The molecular weight excluding hydrogens is 292 g/mol. The number of rotatable bonds is 3. The fraction of sp³-hybridized carbons (Fsp3) is 1.00. The zero-order chi connectivity index (χ0) is 16.1. The highest BCUT2D eigenvalue weighted by molar-refractivity contribution is 5.14. The second kappa shape index (κ2) is 5.00. The van der Waals surface area contributed by atoms with Gasteiger partial charge in [0.1, 0.15) is 0 Å². The Morgan fingerprint density at radius 2 is 0.833 bits per heavy atom. The standard InChI is InChI=1S/C22H36N2/c23-11-22(24,20-16-3-12-1-13(5-16)6-17(20)4-12)21-18-7-14-2-15(9-18)10-19(21)8-14/h12-21H,1-11,23-24H2. The van der Waals surface area contributed by atoms with E-state index in [1.165, 1.54) is 64.2 Å². The zero-order valence-corrected chi connectivity index (χ0v) is 15.2. The van der Waals surface area contributed by atoms with Crippen molar-refractivity contribution in [2.45, 2.75) is 69.7 Å². The Kier molecular flexibility index (Phi) is 3.13. The molecule has 0 aromatic rings. The van der Waals surface area contributed by atoms with Crippen LogP contribution in [0.1, 0.15) is 64.2 Å². The van der Waals surface area contributed by atoms with Crippen molar-refractivity contribution < 1.29 is 0 Å². The molecule has 134 valence electrons. The summed E-state index contributed by atoms with van der Waals surface area (Å²) in [6.07, 6.45) is 15.0. The van der Waals surface area contributed by atoms with E-state index in [1.807, 2.05) is 0 Å². The van der Waals surface area contributed by atoms with Crippen LogP contribution in [0.15, 0.2) is 0 Å². The van der Waals surface area contributed by atoms with Gasteiger partial charge in [-0.15, -0.1) is 0 Å². The summed E-state index contributed by atoms with van der Waals surface area (Å²) in [5, 5.41) is 0. The molecule has 8 fully saturated rings. The van der Waals surface area contributed by atoms with Gasteiger partial charge in [0.15, 0.2) is 0 Å². The monoisotopic (exact) mass is 328 g/mol. The summed E-state index contributed by atoms with van der Waals surface area (Å²) in [5.74, 6) is 9.40. The molecule has 0 aliphatic heterocycles. The van der Waals surface area contributed by atoms with Crippen LogP contribution in [0.4, 0.5) is 0 Å². The Labute approximate surface area is 147 Å². The lowest BCUT2D eigenvalue weighted by Gasteiger charge is -2.65. The van der Waals surface area contributed by atoms with E-state index in [0.717, 1.165) is 65.7 Å². The summed E-state index contributed by atoms with van der Waals surface area (Å²) in [7, 11) is 0. The summed E-state index contributed by atoms with van der Waals surface area (Å²) in [6, 6.07) is 0. The third-order valence-electron chi connectivity index (χ3n) is 10.0. The Balaban J connectivity index is 1.35. The first-order chi connectivity index (χ1) is 11.6. The van der Waals surface area contributed by atoms with Gasteiger partial charge in [-0.05, 0) is 123 Å². The molecule has 8 rings (SSSR count). The van der Waals surface area contributed by atoms with Crippen molar-refractivity contribution >= 4 is 0 Å². The maximum absolute atomic E-state index is 7.42. The number of hydrogen-bond acceptors (Lipinski definition) is 2. The average molecular weight is 329 g/mol. The van der Waals surface area contributed by atoms with Crippen LogP contribution in [0.25, 0.3) is 0 Å². The Bertz CT molecular complexity index is 428. The van der Waals surface area contributed by atoms with Crippen LogP contribution in [0.5, 0.6) is 0 Å². The van der Waals surface area contributed by atoms with Gasteiger partial charge in [0.25, 0.3) is 0 Å². The van der Waals surface area contributed by atoms with E-state index in [9.17, 15) is 0 Å². The highest BCUT2D eigenvalue weighted by atomic mass is 14.9. The van der Waals surface area contributed by atoms with Crippen LogP contribution in [-0.4, -0.2) is 12.1 Å². The van der Waals surface area contributed by atoms with Crippen LogP contribution in [0.2, 0.25) is 0 Å². The maximum atomic E-state index is 7.42. The van der Waals surface area contributed by atoms with E-state index in [-0.39, 0.29) is 5.54 Å². The summed E-state index contributed by atoms with van der Waals surface area (Å²) in [4.78, 5) is 0. The minimum atomic E-state index is -0.0365. The summed E-state index contributed by atoms with van der Waals surface area (Å²) < 4.78 is 0. The molecule has 0 aromatic carbocycles. The third kappa shape index (κ3) is 1.91. The van der Waals surface area contributed by atoms with E-state index in [4.69, 9.17) is 11.5 Å². The first-order valence-electron chi connectivity index (χ1n) is 11.1. The Morgan fingerprint density at radius 1 is 0.542 bits per heavy atom. The largest absolute Gasteiger partial charge is 0.329 e. The summed E-state index contributed by atoms with van der Waals surface area (Å²) in [6.45, 7) is 0.757. The number of hydrogen-bond donors (Lipinski definition) is 2. The quantitative estimate of drug-likeness (QED) is 0.828. The average Bonchev–Trinajstić information content (AvgIpc) is 2.52. The van der Waals surface area contributed by atoms with Gasteiger partial charge in [0.2, 0.25) is 0 Å². The first-order valence-corrected chi connectivity index (χ1v) is 11.1. The molecule has 0 aromatic heterocycles. The van der Waals surface area contributed by atoms with Crippen LogP contribution >= 0.6 is 0 Å². The van der Waals surface area contributed by atoms with E-state index in [0.29, 0.717) is 0 Å². The van der Waals surface area contributed by atoms with Gasteiger partial charge in [-0.25, -0.2) is 0 Å². The summed E-state index contributed by atoms with van der Waals surface area (Å²) >= 11 is 0. The van der Waals surface area contributed by atoms with Crippen molar-refractivity contribution in [2.24, 2.45) is 70.6 Å². The van der Waals surface area contributed by atoms with E-state index < -0.39 is 0 Å². The fourth-order valence-corrected chi connectivity index (χ4v) is 10.1. The van der Waals surface area contributed by atoms with Crippen molar-refractivity contribution in [1.82, 2.24) is 0 Å². The van der Waals surface area contributed by atoms with Crippen LogP contribution in [0.3, 0.4) is 0 Å². The third-order valence-corrected chi connectivity index (χ3v) is 10.0. The van der Waals surface area contributed by atoms with E-state index >= 15 is 0 Å². The molecule has 0 radical (unpaired) electrons. The molecule has 0 amide bonds. The predicted molar refractivity (Wildman–Crippen MR) is 97.0 cm³/mol. The van der Waals surface area contributed by atoms with Crippen molar-refractivity contribution in [3.05, 3.63) is 0 Å². The molecule has 0 spiro atoms. The van der Waals surface area contributed by atoms with Crippen molar-refractivity contribution in [3.63, 3.8) is 0 Å². The highest BCUT2D eigenvalue weighted by Gasteiger charge is 2.61. The maximum Gasteiger partial charge on any atom is 0.0346 e. The first kappa shape index (κ1) is 15.0. The van der Waals surface area contributed by atoms with Crippen molar-refractivity contribution in [3.8, 4) is 0 Å². The summed E-state index contributed by atoms with van der Waals surface area (Å²) in [5.41, 5.74) is 13.9. The Morgan fingerprint density at radius 3 is 1.08 bits per heavy atom. The molecule has 8 aliphatic carbocycles. The van der Waals surface area contributed by atoms with Gasteiger partial charge < -0.3 is 11.5 Å². The molecule has 0 atom stereocenters. The van der Waals surface area contributed by atoms with Gasteiger partial charge >= 0.3 is 0 Å². The zero-order valence-electron chi connectivity index (χ0n) is 15.2. The van der Waals surface area contributed by atoms with Gasteiger partial charge in [-0.1, -0.05) is 0 Å². The van der Waals surface area contributed by atoms with Gasteiger partial charge in [0.05, 0.1) is 0 Å². The smallest absolute Gasteiger partial charge is 0.0346 e. The predicted octanol–water partition coefficient (Wildman–Crippen LogP) is 3.79. The molecule has 0 saturated heterocycles. The van der Waals surface area contributed by atoms with E-state index in [1.54, 1.807) is 0 Å². The Hall–Kier alpha value is -0.0800. The minimum Gasteiger partial charge on any atom is -0.329 e. The van der Waals surface area contributed by atoms with E-state index in [2.05, 4.69) is 0 Å². The van der Waals surface area contributed by atoms with Crippen molar-refractivity contribution in [2.75, 3.05) is 6.54 Å². The highest BCUT2D eigenvalue weighted by Crippen LogP contribution is 2.64. The molecule has 8 aliphatic rings. The van der Waals surface area contributed by atoms with Crippen molar-refractivity contribution in [1.29, 1.82) is 0 Å². The fourth-order valence-electron chi connectivity index (χ4n) is 10.1. The molecule has 8 saturated carbocycles. The van der Waals surface area contributed by atoms with Gasteiger partial charge in [0, 0.05) is 12.1 Å². The lowest BCUT2D eigenvalue weighted by atomic mass is 9.41. The minimum absolute atomic E-state index is 0.0365. The molecule has 2 nitrogen and oxygen atoms in total. The van der Waals surface area contributed by atoms with Gasteiger partial charge in [-0.3, -0.25) is 0 Å². The molecule has 4 N–H and O–H groups in total. The molecule has 0 heterocycles. The lowest BCUT2D eigenvalue weighted by molar-refractivity contribution is -0.132. The molecular formula is C22H36N2. The number of nitrogens with two attached hydrogens (primary N) is 2.